The number of phenols is 2. The van der Waals surface area contributed by atoms with Crippen molar-refractivity contribution in [3.05, 3.63) is 79.9 Å². The van der Waals surface area contributed by atoms with Crippen molar-refractivity contribution < 1.29 is 88.0 Å². The van der Waals surface area contributed by atoms with Crippen molar-refractivity contribution in [2.75, 3.05) is 13.7 Å². The first kappa shape index (κ1) is 57.0. The van der Waals surface area contributed by atoms with E-state index in [0.717, 1.165) is 0 Å². The van der Waals surface area contributed by atoms with Gasteiger partial charge in [0.2, 0.25) is 0 Å². The van der Waals surface area contributed by atoms with E-state index in [1.165, 1.54) is 40.0 Å². The molecule has 3 fully saturated rings. The Morgan fingerprint density at radius 2 is 1.60 bits per heavy atom. The van der Waals surface area contributed by atoms with Crippen LogP contribution in [0.15, 0.2) is 58.7 Å². The maximum Gasteiger partial charge on any atom is 0.342 e. The van der Waals surface area contributed by atoms with E-state index in [1.807, 2.05) is 26.0 Å². The van der Waals surface area contributed by atoms with Crippen LogP contribution in [-0.2, 0) is 47.5 Å². The Hall–Kier alpha value is -3.89. The lowest BCUT2D eigenvalue weighted by molar-refractivity contribution is -0.345. The highest BCUT2D eigenvalue weighted by molar-refractivity contribution is 6.39. The standard InChI is InChI=1S/C50H68Cl2O18/c1-22(2)45(60)69-44-38(57)39(58)48-68-41-25(5)19-23(3)15-16-32(27(7)53)66-46(61)30(13-11-12-14-31(54)24(4)20-29(41)17-18-50(44,9)70-48)21-64-49-43(63-10)40(59)42(28(8)65-49)67-47(62)33-26(6)34(51)37(56)35(52)36(33)55/h11-13,15,19-20,22,27-29,31-32,38-44,48-49,53-59H,14,16-18,21H2,1-10H3/b12-11+,23-15+,24-20+,25-19+,30-13+. The highest BCUT2D eigenvalue weighted by atomic mass is 35.5. The highest BCUT2D eigenvalue weighted by Gasteiger charge is 2.56. The number of esters is 3. The summed E-state index contributed by atoms with van der Waals surface area (Å²) in [6, 6.07) is 0. The molecular formula is C50H68Cl2O18. The summed E-state index contributed by atoms with van der Waals surface area (Å²) in [4.78, 5) is 40.0. The minimum Gasteiger partial charge on any atom is -0.505 e. The number of methoxy groups -OCH3 is 1. The number of ether oxygens (including phenoxy) is 8. The van der Waals surface area contributed by atoms with E-state index < -0.39 is 144 Å². The average Bonchev–Trinajstić information content (AvgIpc) is 3.29. The molecule has 20 heteroatoms. The molecule has 15 unspecified atom stereocenters. The number of rotatable bonds is 9. The van der Waals surface area contributed by atoms with E-state index in [0.29, 0.717) is 23.1 Å². The maximum absolute atomic E-state index is 13.9. The largest absolute Gasteiger partial charge is 0.505 e. The Kier molecular flexibility index (Phi) is 19.7. The molecule has 0 saturated carbocycles. The molecule has 0 spiro atoms. The number of allylic oxidation sites excluding steroid dienone is 4. The summed E-state index contributed by atoms with van der Waals surface area (Å²) >= 11 is 12.1. The molecule has 0 radical (unpaired) electrons. The number of fused-ring (bicyclic) bond motifs is 3. The van der Waals surface area contributed by atoms with Gasteiger partial charge in [-0.05, 0) is 90.5 Å². The third-order valence-corrected chi connectivity index (χ3v) is 14.0. The molecule has 18 nitrogen and oxygen atoms in total. The fourth-order valence-corrected chi connectivity index (χ4v) is 9.25. The lowest BCUT2D eigenvalue weighted by Gasteiger charge is -2.51. The molecule has 0 amide bonds. The van der Waals surface area contributed by atoms with E-state index >= 15 is 0 Å². The minimum absolute atomic E-state index is 0.0283. The molecule has 4 aliphatic heterocycles. The molecule has 390 valence electrons. The molecule has 3 saturated heterocycles. The van der Waals surface area contributed by atoms with Gasteiger partial charge in [-0.1, -0.05) is 73.0 Å². The molecular weight excluding hydrogens is 959 g/mol. The molecule has 0 aromatic heterocycles. The van der Waals surface area contributed by atoms with Gasteiger partial charge in [0.05, 0.1) is 47.5 Å². The van der Waals surface area contributed by atoms with Gasteiger partial charge in [0.15, 0.2) is 36.3 Å². The van der Waals surface area contributed by atoms with Gasteiger partial charge in [-0.2, -0.15) is 0 Å². The van der Waals surface area contributed by atoms with E-state index in [-0.39, 0.29) is 35.4 Å². The van der Waals surface area contributed by atoms with Gasteiger partial charge >= 0.3 is 17.9 Å². The Morgan fingerprint density at radius 1 is 0.914 bits per heavy atom. The first-order chi connectivity index (χ1) is 32.8. The van der Waals surface area contributed by atoms with Crippen LogP contribution in [0.25, 0.3) is 0 Å². The number of aromatic hydroxyl groups is 2. The number of carbonyl (C=O) groups is 3. The van der Waals surface area contributed by atoms with Crippen molar-refractivity contribution in [1.82, 2.24) is 0 Å². The first-order valence-electron chi connectivity index (χ1n) is 23.3. The molecule has 0 aliphatic carbocycles. The number of carbonyl (C=O) groups excluding carboxylic acids is 3. The molecule has 4 aliphatic rings. The van der Waals surface area contributed by atoms with Crippen molar-refractivity contribution >= 4 is 41.1 Å². The van der Waals surface area contributed by atoms with Crippen LogP contribution >= 0.6 is 23.2 Å². The second-order valence-corrected chi connectivity index (χ2v) is 19.8. The molecule has 5 rings (SSSR count). The summed E-state index contributed by atoms with van der Waals surface area (Å²) in [5, 5.41) is 76.1. The lowest BCUT2D eigenvalue weighted by Crippen LogP contribution is -2.66. The number of aliphatic hydroxyl groups excluding tert-OH is 5. The number of hydrogen-bond acceptors (Lipinski definition) is 18. The van der Waals surface area contributed by atoms with E-state index in [4.69, 9.17) is 61.1 Å². The van der Waals surface area contributed by atoms with Crippen molar-refractivity contribution in [3.63, 3.8) is 0 Å². The fourth-order valence-electron chi connectivity index (χ4n) is 8.82. The van der Waals surface area contributed by atoms with Crippen LogP contribution < -0.4 is 0 Å². The van der Waals surface area contributed by atoms with Crippen LogP contribution in [0.1, 0.15) is 97.0 Å². The van der Waals surface area contributed by atoms with Crippen molar-refractivity contribution in [1.29, 1.82) is 0 Å². The summed E-state index contributed by atoms with van der Waals surface area (Å²) in [7, 11) is 1.26. The van der Waals surface area contributed by atoms with Gasteiger partial charge in [0.1, 0.15) is 46.7 Å². The molecule has 70 heavy (non-hydrogen) atoms. The third-order valence-electron chi connectivity index (χ3n) is 13.2. The van der Waals surface area contributed by atoms with E-state index in [2.05, 4.69) is 0 Å². The minimum atomic E-state index is -1.57. The van der Waals surface area contributed by atoms with Crippen molar-refractivity contribution in [2.24, 2.45) is 11.8 Å². The highest BCUT2D eigenvalue weighted by Crippen LogP contribution is 2.45. The van der Waals surface area contributed by atoms with Gasteiger partial charge in [-0.3, -0.25) is 4.79 Å². The quantitative estimate of drug-likeness (QED) is 0.0934. The zero-order chi connectivity index (χ0) is 52.1. The van der Waals surface area contributed by atoms with E-state index in [1.54, 1.807) is 39.8 Å². The van der Waals surface area contributed by atoms with Gasteiger partial charge in [-0.15, -0.1) is 0 Å². The molecule has 4 heterocycles. The molecule has 1 aromatic rings. The average molecular weight is 1030 g/mol. The number of halogens is 2. The number of phenolic OH excluding ortho intramolecular Hbond substituents is 2. The van der Waals surface area contributed by atoms with Crippen LogP contribution in [0, 0.1) is 18.8 Å². The molecule has 7 N–H and O–H groups in total. The fraction of sp³-hybridized carbons (Fsp3) is 0.620. The number of hydrogen-bond donors (Lipinski definition) is 7. The molecule has 15 atom stereocenters. The van der Waals surface area contributed by atoms with Gasteiger partial charge < -0.3 is 73.6 Å². The van der Waals surface area contributed by atoms with Crippen LogP contribution in [0.5, 0.6) is 11.5 Å². The van der Waals surface area contributed by atoms with Gasteiger partial charge in [-0.25, -0.2) is 9.59 Å². The summed E-state index contributed by atoms with van der Waals surface area (Å²) in [6.45, 7) is 14.3. The normalized spacial score (nSPS) is 37.6. The molecule has 1 aromatic carbocycles. The smallest absolute Gasteiger partial charge is 0.342 e. The Morgan fingerprint density at radius 3 is 2.24 bits per heavy atom. The number of aliphatic hydroxyl groups is 5. The predicted molar refractivity (Wildman–Crippen MR) is 254 cm³/mol. The van der Waals surface area contributed by atoms with Crippen LogP contribution in [0.4, 0.5) is 0 Å². The second kappa shape index (κ2) is 24.2. The zero-order valence-electron chi connectivity index (χ0n) is 41.0. The summed E-state index contributed by atoms with van der Waals surface area (Å²) < 4.78 is 47.6. The van der Waals surface area contributed by atoms with Gasteiger partial charge in [0.25, 0.3) is 0 Å². The summed E-state index contributed by atoms with van der Waals surface area (Å²) in [5.74, 6) is -4.84. The van der Waals surface area contributed by atoms with Crippen LogP contribution in [0.2, 0.25) is 10.0 Å². The van der Waals surface area contributed by atoms with Gasteiger partial charge in [0, 0.05) is 19.4 Å². The topological polar surface area (TPSA) is 267 Å². The molecule has 2 bridgehead atoms. The number of cyclic esters (lactones) is 1. The predicted octanol–water partition coefficient (Wildman–Crippen LogP) is 5.34. The second-order valence-electron chi connectivity index (χ2n) is 19.0. The number of benzene rings is 1. The van der Waals surface area contributed by atoms with E-state index in [9.17, 15) is 50.1 Å². The third kappa shape index (κ3) is 13.0. The Bertz CT molecular complexity index is 2190. The van der Waals surface area contributed by atoms with Crippen LogP contribution in [0.3, 0.4) is 0 Å². The van der Waals surface area contributed by atoms with Crippen LogP contribution in [-0.4, -0.2) is 153 Å². The first-order valence-corrected chi connectivity index (χ1v) is 24.0. The Balaban J connectivity index is 1.40. The SMILES string of the molecule is COC1C(OC/C2=C\C=C\CC(O)/C(C)=C/C3CCC4(C)OC(OC3/C(C)=C/C(C)=C/CC(C(C)O)OC2=O)C(O)C(O)C4OC(=O)C(C)C)OC(C)C(OC(=O)c2c(C)c(Cl)c(O)c(Cl)c2O)C1O. The zero-order valence-corrected chi connectivity index (χ0v) is 42.5. The summed E-state index contributed by atoms with van der Waals surface area (Å²) in [5.41, 5.74) is 0.266. The van der Waals surface area contributed by atoms with Crippen molar-refractivity contribution in [2.45, 2.75) is 173 Å². The van der Waals surface area contributed by atoms with Crippen molar-refractivity contribution in [3.8, 4) is 11.5 Å². The maximum atomic E-state index is 13.9. The monoisotopic (exact) mass is 1030 g/mol. The summed E-state index contributed by atoms with van der Waals surface area (Å²) in [6.07, 6.45) is -5.15. The Labute approximate surface area is 418 Å². The lowest BCUT2D eigenvalue weighted by atomic mass is 9.78.